The molecule has 0 aliphatic heterocycles. The van der Waals surface area contributed by atoms with E-state index in [4.69, 9.17) is 0 Å². The largest absolute Gasteiger partial charge is 0.463 e. The Hall–Kier alpha value is -2.19. The van der Waals surface area contributed by atoms with Gasteiger partial charge < -0.3 is 10.2 Å². The summed E-state index contributed by atoms with van der Waals surface area (Å²) in [6, 6.07) is 4.68. The molecule has 116 valence electrons. The minimum absolute atomic E-state index is 0.0353. The average Bonchev–Trinajstić information content (AvgIpc) is 2.36. The molecule has 0 heterocycles. The van der Waals surface area contributed by atoms with Gasteiger partial charge in [0.1, 0.15) is 0 Å². The molecule has 1 N–H and O–H groups in total. The highest BCUT2D eigenvalue weighted by Crippen LogP contribution is 2.36. The molecule has 0 aliphatic carbocycles. The third kappa shape index (κ3) is 3.67. The van der Waals surface area contributed by atoms with Gasteiger partial charge in [-0.1, -0.05) is 6.07 Å². The molecule has 1 aromatic carbocycles. The molecule has 0 saturated heterocycles. The van der Waals surface area contributed by atoms with Crippen molar-refractivity contribution < 1.29 is 31.5 Å². The zero-order valence-corrected chi connectivity index (χ0v) is 11.0. The molecule has 0 atom stereocenters. The highest BCUT2D eigenvalue weighted by atomic mass is 19.4. The Labute approximate surface area is 116 Å². The number of anilines is 1. The number of rotatable bonds is 3. The maximum Gasteiger partial charge on any atom is 0.463 e. The van der Waals surface area contributed by atoms with Crippen LogP contribution in [0.5, 0.6) is 0 Å². The Bertz CT molecular complexity index is 555. The van der Waals surface area contributed by atoms with Gasteiger partial charge >= 0.3 is 18.0 Å². The molecule has 4 nitrogen and oxygen atoms in total. The number of halogens is 5. The van der Waals surface area contributed by atoms with Gasteiger partial charge in [0, 0.05) is 25.3 Å². The normalized spacial score (nSPS) is 12.0. The van der Waals surface area contributed by atoms with Crippen LogP contribution in [0.25, 0.3) is 0 Å². The number of nitrogens with zero attached hydrogens (tertiary/aromatic N) is 1. The highest BCUT2D eigenvalue weighted by Gasteiger charge is 2.63. The maximum absolute atomic E-state index is 12.8. The number of carbonyl (C=O) groups excluding carboxylic acids is 2. The molecular weight excluding hydrogens is 299 g/mol. The van der Waals surface area contributed by atoms with Crippen LogP contribution in [0, 0.1) is 0 Å². The summed E-state index contributed by atoms with van der Waals surface area (Å²) in [6.07, 6.45) is -5.99. The lowest BCUT2D eigenvalue weighted by Crippen LogP contribution is -2.47. The van der Waals surface area contributed by atoms with Gasteiger partial charge in [0.15, 0.2) is 0 Å². The number of hydrogen-bond acceptors (Lipinski definition) is 2. The van der Waals surface area contributed by atoms with E-state index in [1.807, 2.05) is 0 Å². The molecule has 0 unspecified atom stereocenters. The summed E-state index contributed by atoms with van der Waals surface area (Å²) in [5.41, 5.74) is -0.301. The van der Waals surface area contributed by atoms with Gasteiger partial charge in [-0.05, 0) is 18.2 Å². The molecule has 21 heavy (non-hydrogen) atoms. The Morgan fingerprint density at radius 1 is 1.10 bits per heavy atom. The van der Waals surface area contributed by atoms with E-state index >= 15 is 0 Å². The first-order chi connectivity index (χ1) is 9.46. The SMILES string of the molecule is CN(C)C(=O)c1cccc(NC(=O)C(F)(F)C(F)(F)F)c1. The van der Waals surface area contributed by atoms with Crippen molar-refractivity contribution in [2.24, 2.45) is 0 Å². The van der Waals surface area contributed by atoms with Crippen LogP contribution >= 0.6 is 0 Å². The lowest BCUT2D eigenvalue weighted by atomic mass is 10.1. The zero-order chi connectivity index (χ0) is 16.4. The van der Waals surface area contributed by atoms with Crippen molar-refractivity contribution >= 4 is 17.5 Å². The van der Waals surface area contributed by atoms with Gasteiger partial charge in [-0.25, -0.2) is 0 Å². The topological polar surface area (TPSA) is 49.4 Å². The van der Waals surface area contributed by atoms with Crippen molar-refractivity contribution in [1.82, 2.24) is 4.90 Å². The van der Waals surface area contributed by atoms with Gasteiger partial charge in [-0.2, -0.15) is 22.0 Å². The smallest absolute Gasteiger partial charge is 0.345 e. The van der Waals surface area contributed by atoms with E-state index < -0.39 is 23.9 Å². The summed E-state index contributed by atoms with van der Waals surface area (Å²) in [4.78, 5) is 23.8. The number of benzene rings is 1. The van der Waals surface area contributed by atoms with E-state index in [0.717, 1.165) is 12.1 Å². The first kappa shape index (κ1) is 16.9. The van der Waals surface area contributed by atoms with Gasteiger partial charge in [-0.15, -0.1) is 0 Å². The second-order valence-electron chi connectivity index (χ2n) is 4.31. The Kier molecular flexibility index (Phi) is 4.55. The highest BCUT2D eigenvalue weighted by molar-refractivity contribution is 5.99. The van der Waals surface area contributed by atoms with Gasteiger partial charge in [0.25, 0.3) is 5.91 Å². The second-order valence-corrected chi connectivity index (χ2v) is 4.31. The molecule has 0 aliphatic rings. The Morgan fingerprint density at radius 2 is 1.67 bits per heavy atom. The predicted molar refractivity (Wildman–Crippen MR) is 64.1 cm³/mol. The van der Waals surface area contributed by atoms with Crippen molar-refractivity contribution in [3.63, 3.8) is 0 Å². The zero-order valence-electron chi connectivity index (χ0n) is 11.0. The predicted octanol–water partition coefficient (Wildman–Crippen LogP) is 2.52. The minimum Gasteiger partial charge on any atom is -0.345 e. The molecule has 0 fully saturated rings. The first-order valence-corrected chi connectivity index (χ1v) is 5.54. The summed E-state index contributed by atoms with van der Waals surface area (Å²) >= 11 is 0. The van der Waals surface area contributed by atoms with Crippen LogP contribution in [-0.2, 0) is 4.79 Å². The van der Waals surface area contributed by atoms with Crippen LogP contribution < -0.4 is 5.32 Å². The number of carbonyl (C=O) groups is 2. The van der Waals surface area contributed by atoms with Crippen molar-refractivity contribution in [2.45, 2.75) is 12.1 Å². The van der Waals surface area contributed by atoms with Crippen LogP contribution in [0.15, 0.2) is 24.3 Å². The molecule has 0 radical (unpaired) electrons. The van der Waals surface area contributed by atoms with Crippen LogP contribution in [-0.4, -0.2) is 42.9 Å². The molecule has 0 bridgehead atoms. The number of alkyl halides is 5. The molecule has 0 aromatic heterocycles. The van der Waals surface area contributed by atoms with E-state index in [2.05, 4.69) is 0 Å². The lowest BCUT2D eigenvalue weighted by molar-refractivity contribution is -0.267. The monoisotopic (exact) mass is 310 g/mol. The fourth-order valence-corrected chi connectivity index (χ4v) is 1.33. The third-order valence-electron chi connectivity index (χ3n) is 2.41. The molecule has 2 amide bonds. The first-order valence-electron chi connectivity index (χ1n) is 5.54. The van der Waals surface area contributed by atoms with Crippen LogP contribution in [0.2, 0.25) is 0 Å². The maximum atomic E-state index is 12.8. The lowest BCUT2D eigenvalue weighted by Gasteiger charge is -2.19. The van der Waals surface area contributed by atoms with Crippen LogP contribution in [0.1, 0.15) is 10.4 Å². The Balaban J connectivity index is 2.97. The van der Waals surface area contributed by atoms with Crippen molar-refractivity contribution in [3.05, 3.63) is 29.8 Å². The number of hydrogen-bond donors (Lipinski definition) is 1. The summed E-state index contributed by atoms with van der Waals surface area (Å²) < 4.78 is 61.7. The minimum atomic E-state index is -5.99. The molecular formula is C12H11F5N2O2. The van der Waals surface area contributed by atoms with Crippen LogP contribution in [0.3, 0.4) is 0 Å². The average molecular weight is 310 g/mol. The number of nitrogens with one attached hydrogen (secondary N) is 1. The molecule has 0 saturated carbocycles. The summed E-state index contributed by atoms with van der Waals surface area (Å²) in [5, 5.41) is 1.44. The molecule has 0 spiro atoms. The summed E-state index contributed by atoms with van der Waals surface area (Å²) in [6.45, 7) is 0. The fraction of sp³-hybridized carbons (Fsp3) is 0.333. The van der Waals surface area contributed by atoms with E-state index in [0.29, 0.717) is 0 Å². The van der Waals surface area contributed by atoms with Gasteiger partial charge in [0.05, 0.1) is 0 Å². The quantitative estimate of drug-likeness (QED) is 0.872. The van der Waals surface area contributed by atoms with Crippen molar-refractivity contribution in [2.75, 3.05) is 19.4 Å². The van der Waals surface area contributed by atoms with Gasteiger partial charge in [0.2, 0.25) is 0 Å². The van der Waals surface area contributed by atoms with Crippen molar-refractivity contribution in [1.29, 1.82) is 0 Å². The van der Waals surface area contributed by atoms with E-state index in [1.165, 1.54) is 36.4 Å². The fourth-order valence-electron chi connectivity index (χ4n) is 1.33. The second kappa shape index (κ2) is 5.66. The van der Waals surface area contributed by atoms with E-state index in [-0.39, 0.29) is 11.3 Å². The van der Waals surface area contributed by atoms with Crippen LogP contribution in [0.4, 0.5) is 27.6 Å². The molecule has 1 rings (SSSR count). The summed E-state index contributed by atoms with van der Waals surface area (Å²) in [5.74, 6) is -8.52. The standard InChI is InChI=1S/C12H11F5N2O2/c1-19(2)9(20)7-4-3-5-8(6-7)18-10(21)11(13,14)12(15,16)17/h3-6H,1-2H3,(H,18,21). The van der Waals surface area contributed by atoms with E-state index in [1.54, 1.807) is 0 Å². The number of amides is 2. The Morgan fingerprint density at radius 3 is 2.14 bits per heavy atom. The van der Waals surface area contributed by atoms with Gasteiger partial charge in [-0.3, -0.25) is 9.59 Å². The summed E-state index contributed by atoms with van der Waals surface area (Å²) in [7, 11) is 2.87. The third-order valence-corrected chi connectivity index (χ3v) is 2.41. The van der Waals surface area contributed by atoms with E-state index in [9.17, 15) is 31.5 Å². The van der Waals surface area contributed by atoms with Crippen molar-refractivity contribution in [3.8, 4) is 0 Å². The molecule has 1 aromatic rings. The molecule has 9 heteroatoms.